The van der Waals surface area contributed by atoms with Crippen LogP contribution in [-0.2, 0) is 14.8 Å². The Balaban J connectivity index is 0.000000351. The third-order valence-electron chi connectivity index (χ3n) is 3.23. The molecule has 24 heavy (non-hydrogen) atoms. The van der Waals surface area contributed by atoms with Gasteiger partial charge in [-0.15, -0.1) is 0 Å². The predicted molar refractivity (Wildman–Crippen MR) is 82.4 cm³/mol. The second-order valence-corrected chi connectivity index (χ2v) is 6.63. The molecule has 10 heteroatoms. The molecule has 0 aliphatic heterocycles. The van der Waals surface area contributed by atoms with Crippen LogP contribution in [0.1, 0.15) is 31.2 Å². The minimum Gasteiger partial charge on any atom is -0.475 e. The zero-order chi connectivity index (χ0) is 18.5. The molecule has 1 aliphatic rings. The van der Waals surface area contributed by atoms with Crippen LogP contribution in [-0.4, -0.2) is 25.7 Å². The molecule has 0 radical (unpaired) electrons. The number of nitrogen functional groups attached to an aromatic ring is 1. The molecule has 6 nitrogen and oxygen atoms in total. The lowest BCUT2D eigenvalue weighted by molar-refractivity contribution is -0.192. The summed E-state index contributed by atoms with van der Waals surface area (Å²) in [6, 6.07) is 4.61. The van der Waals surface area contributed by atoms with E-state index >= 15 is 0 Å². The Morgan fingerprint density at radius 3 is 2.21 bits per heavy atom. The summed E-state index contributed by atoms with van der Waals surface area (Å²) in [5.74, 6) is -2.76. The highest BCUT2D eigenvalue weighted by Gasteiger charge is 2.38. The molecule has 0 spiro atoms. The number of rotatable bonds is 2. The first kappa shape index (κ1) is 20.0. The Morgan fingerprint density at radius 1 is 1.21 bits per heavy atom. The average molecular weight is 366 g/mol. The standard InChI is InChI=1S/C12H16N2O2S.C2HF3O2/c13-12-7-6-10(17(14,15)16)8-11(12)9-4-2-1-3-5-9;3-2(4,5)1(6)7/h4,6-8H,1-3,5,13H2,(H2,14,15,16);(H,6,7). The van der Waals surface area contributed by atoms with Gasteiger partial charge in [0.25, 0.3) is 0 Å². The van der Waals surface area contributed by atoms with E-state index in [1.54, 1.807) is 12.1 Å². The van der Waals surface area contributed by atoms with Crippen molar-refractivity contribution in [2.75, 3.05) is 5.73 Å². The molecule has 1 aliphatic carbocycles. The van der Waals surface area contributed by atoms with Gasteiger partial charge in [-0.05, 0) is 49.5 Å². The Kier molecular flexibility index (Phi) is 6.38. The van der Waals surface area contributed by atoms with Crippen molar-refractivity contribution in [2.45, 2.75) is 36.8 Å². The van der Waals surface area contributed by atoms with Crippen molar-refractivity contribution in [3.05, 3.63) is 29.8 Å². The minimum atomic E-state index is -5.08. The fourth-order valence-corrected chi connectivity index (χ4v) is 2.61. The molecular weight excluding hydrogens is 349 g/mol. The highest BCUT2D eigenvalue weighted by molar-refractivity contribution is 7.89. The van der Waals surface area contributed by atoms with E-state index in [2.05, 4.69) is 6.08 Å². The van der Waals surface area contributed by atoms with Gasteiger partial charge in [0.1, 0.15) is 0 Å². The molecule has 2 rings (SSSR count). The highest BCUT2D eigenvalue weighted by atomic mass is 32.2. The van der Waals surface area contributed by atoms with E-state index in [-0.39, 0.29) is 4.90 Å². The van der Waals surface area contributed by atoms with Crippen molar-refractivity contribution in [1.29, 1.82) is 0 Å². The predicted octanol–water partition coefficient (Wildman–Crippen LogP) is 2.51. The largest absolute Gasteiger partial charge is 0.490 e. The summed E-state index contributed by atoms with van der Waals surface area (Å²) >= 11 is 0. The number of carboxylic acid groups (broad SMARTS) is 1. The normalized spacial score (nSPS) is 15.1. The Hall–Kier alpha value is -2.07. The lowest BCUT2D eigenvalue weighted by Gasteiger charge is -2.15. The molecule has 0 amide bonds. The van der Waals surface area contributed by atoms with Crippen LogP contribution < -0.4 is 10.9 Å². The lowest BCUT2D eigenvalue weighted by atomic mass is 9.93. The van der Waals surface area contributed by atoms with Crippen molar-refractivity contribution >= 4 is 27.3 Å². The molecule has 0 bridgehead atoms. The van der Waals surface area contributed by atoms with E-state index in [4.69, 9.17) is 20.8 Å². The highest BCUT2D eigenvalue weighted by Crippen LogP contribution is 2.31. The molecule has 1 aromatic carbocycles. The van der Waals surface area contributed by atoms with E-state index in [0.717, 1.165) is 30.4 Å². The summed E-state index contributed by atoms with van der Waals surface area (Å²) in [4.78, 5) is 9.01. The number of hydrogen-bond donors (Lipinski definition) is 3. The van der Waals surface area contributed by atoms with Crippen molar-refractivity contribution in [3.8, 4) is 0 Å². The molecule has 0 unspecified atom stereocenters. The van der Waals surface area contributed by atoms with Crippen LogP contribution in [0, 0.1) is 0 Å². The zero-order valence-electron chi connectivity index (χ0n) is 12.5. The Morgan fingerprint density at radius 2 is 1.79 bits per heavy atom. The molecule has 0 fully saturated rings. The van der Waals surface area contributed by atoms with Gasteiger partial charge in [0.05, 0.1) is 4.90 Å². The first-order chi connectivity index (χ1) is 10.9. The first-order valence-corrected chi connectivity index (χ1v) is 8.39. The summed E-state index contributed by atoms with van der Waals surface area (Å²) in [7, 11) is -3.66. The zero-order valence-corrected chi connectivity index (χ0v) is 13.3. The smallest absolute Gasteiger partial charge is 0.475 e. The fraction of sp³-hybridized carbons (Fsp3) is 0.357. The number of carbonyl (C=O) groups is 1. The topological polar surface area (TPSA) is 123 Å². The summed E-state index contributed by atoms with van der Waals surface area (Å²) in [6.45, 7) is 0. The van der Waals surface area contributed by atoms with E-state index in [0.29, 0.717) is 5.69 Å². The maximum atomic E-state index is 11.3. The van der Waals surface area contributed by atoms with Gasteiger partial charge in [0, 0.05) is 11.3 Å². The average Bonchev–Trinajstić information content (AvgIpc) is 2.47. The van der Waals surface area contributed by atoms with E-state index < -0.39 is 22.2 Å². The maximum absolute atomic E-state index is 11.3. The van der Waals surface area contributed by atoms with Crippen LogP contribution >= 0.6 is 0 Å². The number of halogens is 3. The SMILES string of the molecule is Nc1ccc(S(N)(=O)=O)cc1C1=CCCCC1.O=C(O)C(F)(F)F. The van der Waals surface area contributed by atoms with Gasteiger partial charge in [-0.2, -0.15) is 13.2 Å². The van der Waals surface area contributed by atoms with Gasteiger partial charge in [-0.25, -0.2) is 18.4 Å². The first-order valence-electron chi connectivity index (χ1n) is 6.85. The third-order valence-corrected chi connectivity index (χ3v) is 4.14. The van der Waals surface area contributed by atoms with Crippen LogP contribution in [0.15, 0.2) is 29.2 Å². The van der Waals surface area contributed by atoms with E-state index in [1.807, 2.05) is 0 Å². The van der Waals surface area contributed by atoms with Crippen LogP contribution in [0.25, 0.3) is 5.57 Å². The monoisotopic (exact) mass is 366 g/mol. The number of allylic oxidation sites excluding steroid dienone is 2. The summed E-state index contributed by atoms with van der Waals surface area (Å²) in [5, 5.41) is 12.2. The Labute approximate surface area is 137 Å². The molecule has 0 heterocycles. The van der Waals surface area contributed by atoms with Gasteiger partial charge in [0.2, 0.25) is 10.0 Å². The van der Waals surface area contributed by atoms with Crippen molar-refractivity contribution < 1.29 is 31.5 Å². The van der Waals surface area contributed by atoms with Crippen LogP contribution in [0.4, 0.5) is 18.9 Å². The van der Waals surface area contributed by atoms with Crippen LogP contribution in [0.5, 0.6) is 0 Å². The number of hydrogen-bond acceptors (Lipinski definition) is 4. The molecule has 5 N–H and O–H groups in total. The number of sulfonamides is 1. The quantitative estimate of drug-likeness (QED) is 0.694. The fourth-order valence-electron chi connectivity index (χ4n) is 2.07. The number of alkyl halides is 3. The molecule has 1 aromatic rings. The van der Waals surface area contributed by atoms with Gasteiger partial charge in [0.15, 0.2) is 0 Å². The molecule has 0 atom stereocenters. The van der Waals surface area contributed by atoms with E-state index in [9.17, 15) is 21.6 Å². The number of carboxylic acids is 1. The molecule has 0 saturated heterocycles. The minimum absolute atomic E-state index is 0.119. The maximum Gasteiger partial charge on any atom is 0.490 e. The van der Waals surface area contributed by atoms with Crippen molar-refractivity contribution in [3.63, 3.8) is 0 Å². The molecule has 0 saturated carbocycles. The molecule has 0 aromatic heterocycles. The number of anilines is 1. The van der Waals surface area contributed by atoms with Crippen molar-refractivity contribution in [1.82, 2.24) is 0 Å². The van der Waals surface area contributed by atoms with Gasteiger partial charge in [-0.1, -0.05) is 6.08 Å². The summed E-state index contributed by atoms with van der Waals surface area (Å²) in [6.07, 6.45) is 1.30. The lowest BCUT2D eigenvalue weighted by Crippen LogP contribution is -2.21. The molecule has 134 valence electrons. The number of primary sulfonamides is 1. The third kappa shape index (κ3) is 5.85. The Bertz CT molecular complexity index is 743. The number of aliphatic carboxylic acids is 1. The van der Waals surface area contributed by atoms with Gasteiger partial charge in [-0.3, -0.25) is 0 Å². The van der Waals surface area contributed by atoms with Crippen LogP contribution in [0.2, 0.25) is 0 Å². The summed E-state index contributed by atoms with van der Waals surface area (Å²) in [5.41, 5.74) is 8.42. The second kappa shape index (κ2) is 7.67. The van der Waals surface area contributed by atoms with E-state index in [1.165, 1.54) is 12.5 Å². The van der Waals surface area contributed by atoms with Crippen molar-refractivity contribution in [2.24, 2.45) is 5.14 Å². The molecular formula is C14H17F3N2O4S. The second-order valence-electron chi connectivity index (χ2n) is 5.07. The number of benzene rings is 1. The van der Waals surface area contributed by atoms with Gasteiger partial charge < -0.3 is 10.8 Å². The number of nitrogens with two attached hydrogens (primary N) is 2. The summed E-state index contributed by atoms with van der Waals surface area (Å²) < 4.78 is 54.3. The van der Waals surface area contributed by atoms with Crippen LogP contribution in [0.3, 0.4) is 0 Å². The van der Waals surface area contributed by atoms with Gasteiger partial charge >= 0.3 is 12.1 Å².